The van der Waals surface area contributed by atoms with Crippen molar-refractivity contribution in [3.63, 3.8) is 0 Å². The molecule has 1 saturated heterocycles. The third-order valence-electron chi connectivity index (χ3n) is 4.18. The molecule has 0 spiro atoms. The molecular formula is C18H24BrN3O4. The van der Waals surface area contributed by atoms with E-state index in [1.807, 2.05) is 30.3 Å². The van der Waals surface area contributed by atoms with Crippen LogP contribution < -0.4 is 5.32 Å². The number of carbonyl (C=O) groups is 3. The Morgan fingerprint density at radius 2 is 1.73 bits per heavy atom. The number of halogens is 1. The van der Waals surface area contributed by atoms with Crippen LogP contribution in [0.25, 0.3) is 0 Å². The van der Waals surface area contributed by atoms with E-state index in [4.69, 9.17) is 4.74 Å². The van der Waals surface area contributed by atoms with Crippen molar-refractivity contribution in [2.45, 2.75) is 19.4 Å². The van der Waals surface area contributed by atoms with E-state index in [-0.39, 0.29) is 23.2 Å². The van der Waals surface area contributed by atoms with Crippen LogP contribution in [-0.2, 0) is 20.7 Å². The Bertz CT molecular complexity index is 618. The fraction of sp³-hybridized carbons (Fsp3) is 0.500. The predicted octanol–water partition coefficient (Wildman–Crippen LogP) is 1.41. The zero-order chi connectivity index (χ0) is 18.9. The predicted molar refractivity (Wildman–Crippen MR) is 101 cm³/mol. The van der Waals surface area contributed by atoms with Gasteiger partial charge in [-0.25, -0.2) is 4.79 Å². The van der Waals surface area contributed by atoms with Crippen molar-refractivity contribution in [1.82, 2.24) is 15.1 Å². The molecule has 1 heterocycles. The molecule has 0 aromatic heterocycles. The summed E-state index contributed by atoms with van der Waals surface area (Å²) in [4.78, 5) is 39.1. The Morgan fingerprint density at radius 3 is 2.35 bits per heavy atom. The summed E-state index contributed by atoms with van der Waals surface area (Å²) in [5.74, 6) is -0.372. The number of hydrogen-bond acceptors (Lipinski definition) is 4. The first-order chi connectivity index (χ1) is 12.5. The van der Waals surface area contributed by atoms with E-state index in [2.05, 4.69) is 21.2 Å². The monoisotopic (exact) mass is 425 g/mol. The summed E-state index contributed by atoms with van der Waals surface area (Å²) in [5, 5.41) is 2.78. The lowest BCUT2D eigenvalue weighted by Gasteiger charge is -2.35. The molecule has 1 atom stereocenters. The molecule has 26 heavy (non-hydrogen) atoms. The fourth-order valence-corrected chi connectivity index (χ4v) is 2.88. The van der Waals surface area contributed by atoms with Crippen LogP contribution in [0.3, 0.4) is 0 Å². The van der Waals surface area contributed by atoms with Crippen LogP contribution in [0, 0.1) is 0 Å². The number of ether oxygens (including phenoxy) is 1. The molecule has 0 unspecified atom stereocenters. The van der Waals surface area contributed by atoms with Crippen molar-refractivity contribution in [3.8, 4) is 0 Å². The first-order valence-corrected chi connectivity index (χ1v) is 9.73. The molecule has 0 aliphatic carbocycles. The standard InChI is InChI=1S/C18H24BrN3O4/c1-14(20-16(23)13-19)17(24)21-8-10-22(11-9-21)18(25)26-12-7-15-5-3-2-4-6-15/h2-6,14H,7-13H2,1H3,(H,20,23)/t14-/m0/s1. The number of rotatable bonds is 6. The van der Waals surface area contributed by atoms with Crippen molar-refractivity contribution in [1.29, 1.82) is 0 Å². The minimum absolute atomic E-state index is 0.142. The average Bonchev–Trinajstić information content (AvgIpc) is 2.68. The lowest BCUT2D eigenvalue weighted by molar-refractivity contribution is -0.136. The van der Waals surface area contributed by atoms with Crippen LogP contribution in [0.4, 0.5) is 4.79 Å². The number of alkyl halides is 1. The average molecular weight is 426 g/mol. The maximum atomic E-state index is 12.3. The van der Waals surface area contributed by atoms with Gasteiger partial charge in [0.2, 0.25) is 11.8 Å². The molecule has 0 radical (unpaired) electrons. The first-order valence-electron chi connectivity index (χ1n) is 8.61. The summed E-state index contributed by atoms with van der Waals surface area (Å²) in [6.07, 6.45) is 0.323. The van der Waals surface area contributed by atoms with Crippen LogP contribution >= 0.6 is 15.9 Å². The van der Waals surface area contributed by atoms with Crippen molar-refractivity contribution < 1.29 is 19.1 Å². The SMILES string of the molecule is C[C@H](NC(=O)CBr)C(=O)N1CCN(C(=O)OCCc2ccccc2)CC1. The molecule has 8 heteroatoms. The van der Waals surface area contributed by atoms with E-state index in [9.17, 15) is 14.4 Å². The van der Waals surface area contributed by atoms with Gasteiger partial charge in [-0.3, -0.25) is 9.59 Å². The zero-order valence-corrected chi connectivity index (χ0v) is 16.4. The molecule has 2 rings (SSSR count). The van der Waals surface area contributed by atoms with Gasteiger partial charge in [0.15, 0.2) is 0 Å². The van der Waals surface area contributed by atoms with Crippen LogP contribution in [0.2, 0.25) is 0 Å². The molecule has 7 nitrogen and oxygen atoms in total. The Balaban J connectivity index is 1.70. The molecule has 0 saturated carbocycles. The highest BCUT2D eigenvalue weighted by Gasteiger charge is 2.28. The highest BCUT2D eigenvalue weighted by Crippen LogP contribution is 2.07. The molecule has 1 aromatic rings. The maximum absolute atomic E-state index is 12.3. The minimum atomic E-state index is -0.579. The topological polar surface area (TPSA) is 79.0 Å². The first kappa shape index (κ1) is 20.2. The van der Waals surface area contributed by atoms with Gasteiger partial charge in [0, 0.05) is 32.6 Å². The molecule has 1 aromatic carbocycles. The third kappa shape index (κ3) is 6.01. The molecule has 1 aliphatic heterocycles. The summed E-state index contributed by atoms with van der Waals surface area (Å²) in [6.45, 7) is 3.71. The number of piperazine rings is 1. The molecule has 142 valence electrons. The quantitative estimate of drug-likeness (QED) is 0.698. The Hall–Kier alpha value is -2.09. The normalized spacial score (nSPS) is 15.3. The number of amides is 3. The van der Waals surface area contributed by atoms with Gasteiger partial charge in [-0.15, -0.1) is 0 Å². The van der Waals surface area contributed by atoms with Crippen molar-refractivity contribution >= 4 is 33.8 Å². The molecule has 1 aliphatic rings. The van der Waals surface area contributed by atoms with E-state index >= 15 is 0 Å². The highest BCUT2D eigenvalue weighted by molar-refractivity contribution is 9.09. The minimum Gasteiger partial charge on any atom is -0.449 e. The van der Waals surface area contributed by atoms with Gasteiger partial charge in [-0.2, -0.15) is 0 Å². The van der Waals surface area contributed by atoms with E-state index in [1.54, 1.807) is 16.7 Å². The van der Waals surface area contributed by atoms with E-state index < -0.39 is 6.04 Å². The molecule has 1 fully saturated rings. The summed E-state index contributed by atoms with van der Waals surface area (Å²) in [6, 6.07) is 9.26. The van der Waals surface area contributed by atoms with Gasteiger partial charge in [0.05, 0.1) is 11.9 Å². The second-order valence-corrected chi connectivity index (χ2v) is 6.65. The second kappa shape index (κ2) is 10.2. The van der Waals surface area contributed by atoms with Crippen LogP contribution in [0.15, 0.2) is 30.3 Å². The van der Waals surface area contributed by atoms with Gasteiger partial charge in [0.25, 0.3) is 0 Å². The molecule has 1 N–H and O–H groups in total. The number of nitrogens with zero attached hydrogens (tertiary/aromatic N) is 2. The van der Waals surface area contributed by atoms with Gasteiger partial charge in [-0.1, -0.05) is 46.3 Å². The lowest BCUT2D eigenvalue weighted by atomic mass is 10.2. The smallest absolute Gasteiger partial charge is 0.409 e. The third-order valence-corrected chi connectivity index (χ3v) is 4.69. The van der Waals surface area contributed by atoms with Gasteiger partial charge < -0.3 is 19.9 Å². The fourth-order valence-electron chi connectivity index (χ4n) is 2.72. The summed E-state index contributed by atoms with van der Waals surface area (Å²) < 4.78 is 5.32. The van der Waals surface area contributed by atoms with Crippen LogP contribution in [0.1, 0.15) is 12.5 Å². The summed E-state index contributed by atoms with van der Waals surface area (Å²) in [7, 11) is 0. The van der Waals surface area contributed by atoms with Gasteiger partial charge >= 0.3 is 6.09 Å². The number of carbonyl (C=O) groups excluding carboxylic acids is 3. The van der Waals surface area contributed by atoms with Crippen molar-refractivity contribution in [3.05, 3.63) is 35.9 Å². The van der Waals surface area contributed by atoms with E-state index in [1.165, 1.54) is 0 Å². The highest BCUT2D eigenvalue weighted by atomic mass is 79.9. The van der Waals surface area contributed by atoms with E-state index in [0.717, 1.165) is 5.56 Å². The van der Waals surface area contributed by atoms with Crippen molar-refractivity contribution in [2.75, 3.05) is 38.1 Å². The second-order valence-electron chi connectivity index (χ2n) is 6.09. The van der Waals surface area contributed by atoms with Gasteiger partial charge in [-0.05, 0) is 12.5 Å². The Kier molecular flexibility index (Phi) is 7.90. The Labute approximate surface area is 161 Å². The summed E-state index contributed by atoms with van der Waals surface area (Å²) >= 11 is 3.05. The zero-order valence-electron chi connectivity index (χ0n) is 14.8. The maximum Gasteiger partial charge on any atom is 0.409 e. The largest absolute Gasteiger partial charge is 0.449 e. The number of hydrogen-bond donors (Lipinski definition) is 1. The summed E-state index contributed by atoms with van der Waals surface area (Å²) in [5.41, 5.74) is 1.12. The molecule has 0 bridgehead atoms. The number of nitrogens with one attached hydrogen (secondary N) is 1. The van der Waals surface area contributed by atoms with Crippen LogP contribution in [-0.4, -0.2) is 71.9 Å². The van der Waals surface area contributed by atoms with Crippen molar-refractivity contribution in [2.24, 2.45) is 0 Å². The molecule has 3 amide bonds. The van der Waals surface area contributed by atoms with Crippen LogP contribution in [0.5, 0.6) is 0 Å². The number of benzene rings is 1. The molecular weight excluding hydrogens is 402 g/mol. The Morgan fingerprint density at radius 1 is 1.12 bits per heavy atom. The van der Waals surface area contributed by atoms with E-state index in [0.29, 0.717) is 39.2 Å². The lowest BCUT2D eigenvalue weighted by Crippen LogP contribution is -2.55. The van der Waals surface area contributed by atoms with Gasteiger partial charge in [0.1, 0.15) is 6.04 Å².